The van der Waals surface area contributed by atoms with Crippen LogP contribution in [0.4, 0.5) is 11.5 Å². The van der Waals surface area contributed by atoms with Crippen LogP contribution in [0, 0.1) is 0 Å². The van der Waals surface area contributed by atoms with Crippen LogP contribution in [-0.4, -0.2) is 60.7 Å². The molecule has 1 aliphatic heterocycles. The molecule has 1 atom stereocenters. The number of nitrogen functional groups attached to an aromatic ring is 1. The lowest BCUT2D eigenvalue weighted by molar-refractivity contribution is 0.100. The molecule has 37 heavy (non-hydrogen) atoms. The van der Waals surface area contributed by atoms with Crippen LogP contribution in [0.2, 0.25) is 0 Å². The van der Waals surface area contributed by atoms with Crippen molar-refractivity contribution in [3.05, 3.63) is 51.9 Å². The summed E-state index contributed by atoms with van der Waals surface area (Å²) in [7, 11) is 4.10. The lowest BCUT2D eigenvalue weighted by Crippen LogP contribution is -2.44. The second-order valence-corrected chi connectivity index (χ2v) is 10.9. The molecule has 9 heteroatoms. The number of pyridine rings is 1. The summed E-state index contributed by atoms with van der Waals surface area (Å²) in [5, 5.41) is 15.1. The Balaban J connectivity index is 0.00000380. The number of carbonyl (C=O) groups is 1. The molecule has 1 aliphatic rings. The summed E-state index contributed by atoms with van der Waals surface area (Å²) in [5.74, 6) is 0.428. The van der Waals surface area contributed by atoms with E-state index in [1.807, 2.05) is 26.2 Å². The van der Waals surface area contributed by atoms with E-state index < -0.39 is 12.0 Å². The lowest BCUT2D eigenvalue weighted by Gasteiger charge is -2.34. The van der Waals surface area contributed by atoms with Gasteiger partial charge in [-0.3, -0.25) is 4.79 Å². The van der Waals surface area contributed by atoms with E-state index in [1.54, 1.807) is 0 Å². The minimum atomic E-state index is -0.527. The van der Waals surface area contributed by atoms with E-state index in [-0.39, 0.29) is 7.43 Å². The number of hydrogen-bond acceptors (Lipinski definition) is 8. The number of benzene rings is 1. The molecule has 2 aromatic heterocycles. The highest BCUT2D eigenvalue weighted by molar-refractivity contribution is 7.21. The van der Waals surface area contributed by atoms with Crippen LogP contribution in [0.1, 0.15) is 66.1 Å². The zero-order valence-electron chi connectivity index (χ0n) is 21.5. The second-order valence-electron chi connectivity index (χ2n) is 9.94. The van der Waals surface area contributed by atoms with Crippen molar-refractivity contribution in [3.8, 4) is 0 Å². The normalized spacial score (nSPS) is 15.2. The molecule has 3 aromatic rings. The Labute approximate surface area is 224 Å². The molecule has 8 nitrogen and oxygen atoms in total. The van der Waals surface area contributed by atoms with Crippen LogP contribution in [0.3, 0.4) is 0 Å². The highest BCUT2D eigenvalue weighted by Crippen LogP contribution is 2.37. The number of carbonyl (C=O) groups excluding carboxylic acids is 1. The summed E-state index contributed by atoms with van der Waals surface area (Å²) in [5.41, 5.74) is 15.6. The minimum absolute atomic E-state index is 0. The predicted octanol–water partition coefficient (Wildman–Crippen LogP) is 3.92. The Morgan fingerprint density at radius 2 is 1.95 bits per heavy atom. The van der Waals surface area contributed by atoms with Gasteiger partial charge in [-0.15, -0.1) is 11.3 Å². The van der Waals surface area contributed by atoms with Crippen molar-refractivity contribution in [2.45, 2.75) is 58.7 Å². The van der Waals surface area contributed by atoms with Crippen LogP contribution < -0.4 is 21.7 Å². The first-order valence-corrected chi connectivity index (χ1v) is 13.5. The van der Waals surface area contributed by atoms with Gasteiger partial charge in [-0.05, 0) is 56.1 Å². The van der Waals surface area contributed by atoms with Gasteiger partial charge in [0.15, 0.2) is 0 Å². The van der Waals surface area contributed by atoms with Gasteiger partial charge in [-0.2, -0.15) is 0 Å². The van der Waals surface area contributed by atoms with Crippen molar-refractivity contribution in [3.63, 3.8) is 0 Å². The molecule has 0 radical (unpaired) electrons. The number of piperidine rings is 1. The van der Waals surface area contributed by atoms with Crippen molar-refractivity contribution in [2.75, 3.05) is 44.4 Å². The summed E-state index contributed by atoms with van der Waals surface area (Å²) in [6, 6.07) is 10.7. The highest BCUT2D eigenvalue weighted by atomic mass is 32.1. The molecule has 1 unspecified atom stereocenters. The first kappa shape index (κ1) is 28.8. The maximum absolute atomic E-state index is 11.8. The number of primary amides is 1. The number of aromatic nitrogens is 1. The first-order chi connectivity index (χ1) is 17.3. The van der Waals surface area contributed by atoms with Crippen molar-refractivity contribution < 1.29 is 9.90 Å². The molecule has 1 aromatic carbocycles. The average Bonchev–Trinajstić information content (AvgIpc) is 3.20. The maximum Gasteiger partial charge on any atom is 0.260 e. The summed E-state index contributed by atoms with van der Waals surface area (Å²) < 4.78 is 0. The van der Waals surface area contributed by atoms with Gasteiger partial charge >= 0.3 is 0 Å². The summed E-state index contributed by atoms with van der Waals surface area (Å²) in [6.07, 6.45) is 3.26. The summed E-state index contributed by atoms with van der Waals surface area (Å²) in [4.78, 5) is 22.3. The minimum Gasteiger partial charge on any atom is -0.397 e. The first-order valence-electron chi connectivity index (χ1n) is 12.7. The third-order valence-corrected chi connectivity index (χ3v) is 7.91. The fraction of sp³-hybridized carbons (Fsp3) is 0.500. The Morgan fingerprint density at radius 3 is 2.54 bits per heavy atom. The van der Waals surface area contributed by atoms with Crippen LogP contribution in [0.5, 0.6) is 0 Å². The molecule has 0 spiro atoms. The van der Waals surface area contributed by atoms with Gasteiger partial charge < -0.3 is 31.7 Å². The third kappa shape index (κ3) is 6.78. The zero-order chi connectivity index (χ0) is 25.8. The molecule has 0 saturated carbocycles. The lowest BCUT2D eigenvalue weighted by atomic mass is 10.0. The van der Waals surface area contributed by atoms with Gasteiger partial charge in [-0.1, -0.05) is 45.0 Å². The van der Waals surface area contributed by atoms with E-state index in [2.05, 4.69) is 40.2 Å². The number of aliphatic hydroxyl groups excluding tert-OH is 1. The second kappa shape index (κ2) is 12.7. The molecule has 1 amide bonds. The number of hydrogen-bond donors (Lipinski definition) is 4. The number of nitrogens with one attached hydrogen (secondary N) is 1. The van der Waals surface area contributed by atoms with E-state index in [4.69, 9.17) is 16.5 Å². The predicted molar refractivity (Wildman–Crippen MR) is 155 cm³/mol. The largest absolute Gasteiger partial charge is 0.397 e. The fourth-order valence-electron chi connectivity index (χ4n) is 4.92. The maximum atomic E-state index is 11.8. The topological polar surface area (TPSA) is 121 Å². The molecule has 1 fully saturated rings. The average molecular weight is 527 g/mol. The van der Waals surface area contributed by atoms with E-state index in [1.165, 1.54) is 16.9 Å². The number of thiophene rings is 1. The van der Waals surface area contributed by atoms with Crippen LogP contribution >= 0.6 is 11.3 Å². The number of fused-ring (bicyclic) bond motifs is 1. The smallest absolute Gasteiger partial charge is 0.260 e. The Bertz CT molecular complexity index is 1190. The van der Waals surface area contributed by atoms with Crippen molar-refractivity contribution in [1.29, 1.82) is 0 Å². The van der Waals surface area contributed by atoms with E-state index >= 15 is 0 Å². The quantitative estimate of drug-likeness (QED) is 0.316. The fourth-order valence-corrected chi connectivity index (χ4v) is 5.90. The number of aryl methyl sites for hydroxylation is 1. The molecule has 3 heterocycles. The van der Waals surface area contributed by atoms with Crippen LogP contribution in [0.15, 0.2) is 30.3 Å². The monoisotopic (exact) mass is 526 g/mol. The van der Waals surface area contributed by atoms with E-state index in [9.17, 15) is 9.90 Å². The summed E-state index contributed by atoms with van der Waals surface area (Å²) in [6.45, 7) is 5.31. The van der Waals surface area contributed by atoms with Crippen LogP contribution in [0.25, 0.3) is 10.2 Å². The zero-order valence-corrected chi connectivity index (χ0v) is 22.3. The number of nitrogens with two attached hydrogens (primary N) is 2. The van der Waals surface area contributed by atoms with Crippen molar-refractivity contribution in [1.82, 2.24) is 15.2 Å². The standard InChI is InChI=1S/C27H38N6O2S.CH4/c1-4-5-19-14-22(31-27-23(19)24(28)25(36-27)26(29)35)33-12-10-20(11-13-33)30-15-21(34)18-8-6-17(7-9-18)16-32(2)3;/h6-9,14,20-21,30,34H,4-5,10-13,15-16,28H2,1-3H3,(H2,29,35);1H4. The SMILES string of the molecule is C.CCCc1cc(N2CCC(NCC(O)c3ccc(CN(C)C)cc3)CC2)nc2sc(C(N)=O)c(N)c12. The Hall–Kier alpha value is -2.72. The number of nitrogens with zero attached hydrogens (tertiary/aromatic N) is 3. The van der Waals surface area contributed by atoms with Crippen molar-refractivity contribution >= 4 is 39.0 Å². The van der Waals surface area contributed by atoms with Gasteiger partial charge in [0, 0.05) is 37.6 Å². The molecule has 6 N–H and O–H groups in total. The Morgan fingerprint density at radius 1 is 1.27 bits per heavy atom. The molecule has 1 saturated heterocycles. The van der Waals surface area contributed by atoms with Gasteiger partial charge in [0.25, 0.3) is 5.91 Å². The van der Waals surface area contributed by atoms with Crippen LogP contribution in [-0.2, 0) is 13.0 Å². The number of anilines is 2. The number of aliphatic hydroxyl groups is 1. The number of amides is 1. The molecule has 0 bridgehead atoms. The van der Waals surface area contributed by atoms with Gasteiger partial charge in [-0.25, -0.2) is 4.98 Å². The highest BCUT2D eigenvalue weighted by Gasteiger charge is 2.24. The number of rotatable bonds is 10. The molecular weight excluding hydrogens is 484 g/mol. The van der Waals surface area contributed by atoms with E-state index in [0.29, 0.717) is 23.2 Å². The Kier molecular flexibility index (Phi) is 9.89. The van der Waals surface area contributed by atoms with Gasteiger partial charge in [0.05, 0.1) is 11.8 Å². The van der Waals surface area contributed by atoms with Gasteiger partial charge in [0.1, 0.15) is 15.5 Å². The third-order valence-electron chi connectivity index (χ3n) is 6.79. The molecular formula is C28H42N6O2S. The van der Waals surface area contributed by atoms with Crippen molar-refractivity contribution in [2.24, 2.45) is 5.73 Å². The van der Waals surface area contributed by atoms with E-state index in [0.717, 1.165) is 72.5 Å². The molecule has 0 aliphatic carbocycles. The van der Waals surface area contributed by atoms with Gasteiger partial charge in [0.2, 0.25) is 0 Å². The molecule has 4 rings (SSSR count). The molecule has 202 valence electrons. The summed E-state index contributed by atoms with van der Waals surface area (Å²) >= 11 is 1.28.